The van der Waals surface area contributed by atoms with Crippen molar-refractivity contribution >= 4 is 45.0 Å². The monoisotopic (exact) mass is 292 g/mol. The van der Waals surface area contributed by atoms with E-state index in [0.29, 0.717) is 0 Å². The van der Waals surface area contributed by atoms with Gasteiger partial charge in [0.1, 0.15) is 4.75 Å². The van der Waals surface area contributed by atoms with Gasteiger partial charge in [-0.05, 0) is 47.3 Å². The Bertz CT molecular complexity index is 357. The average molecular weight is 293 g/mol. The number of hydrogen-bond acceptors (Lipinski definition) is 3. The minimum absolute atomic E-state index is 0.537. The van der Waals surface area contributed by atoms with Crippen LogP contribution in [0.2, 0.25) is 0 Å². The van der Waals surface area contributed by atoms with Crippen molar-refractivity contribution in [3.05, 3.63) is 15.9 Å². The molecule has 0 bridgehead atoms. The summed E-state index contributed by atoms with van der Waals surface area (Å²) in [5.41, 5.74) is 0. The van der Waals surface area contributed by atoms with Crippen LogP contribution in [0, 0.1) is 0 Å². The Morgan fingerprint density at radius 3 is 2.64 bits per heavy atom. The summed E-state index contributed by atoms with van der Waals surface area (Å²) in [5.74, 6) is -0.668. The number of aliphatic carboxylic acids is 1. The number of carboxylic acid groups (broad SMARTS) is 1. The fourth-order valence-corrected chi connectivity index (χ4v) is 4.86. The van der Waals surface area contributed by atoms with Crippen LogP contribution in [-0.2, 0) is 4.79 Å². The molecule has 2 nitrogen and oxygen atoms in total. The van der Waals surface area contributed by atoms with Crippen molar-refractivity contribution in [2.75, 3.05) is 0 Å². The van der Waals surface area contributed by atoms with E-state index in [2.05, 4.69) is 15.9 Å². The molecule has 0 radical (unpaired) electrons. The van der Waals surface area contributed by atoms with Gasteiger partial charge in [-0.1, -0.05) is 11.8 Å². The molecule has 1 heterocycles. The predicted molar refractivity (Wildman–Crippen MR) is 62.1 cm³/mol. The Balaban J connectivity index is 2.12. The number of halogens is 1. The summed E-state index contributed by atoms with van der Waals surface area (Å²) < 4.78 is 1.60. The van der Waals surface area contributed by atoms with E-state index < -0.39 is 10.7 Å². The zero-order valence-corrected chi connectivity index (χ0v) is 10.5. The molecule has 1 aromatic rings. The van der Waals surface area contributed by atoms with Crippen LogP contribution in [0.25, 0.3) is 0 Å². The minimum atomic E-state index is -0.668. The highest BCUT2D eigenvalue weighted by atomic mass is 79.9. The minimum Gasteiger partial charge on any atom is -0.480 e. The van der Waals surface area contributed by atoms with E-state index in [1.807, 2.05) is 12.1 Å². The Morgan fingerprint density at radius 1 is 1.57 bits per heavy atom. The third-order valence-corrected chi connectivity index (χ3v) is 5.62. The van der Waals surface area contributed by atoms with Gasteiger partial charge in [-0.3, -0.25) is 4.79 Å². The lowest BCUT2D eigenvalue weighted by atomic mass is 9.84. The Kier molecular flexibility index (Phi) is 2.91. The Hall–Kier alpha value is -0.0000000000000000833. The van der Waals surface area contributed by atoms with E-state index in [9.17, 15) is 4.79 Å². The van der Waals surface area contributed by atoms with Gasteiger partial charge in [0.25, 0.3) is 0 Å². The van der Waals surface area contributed by atoms with E-state index >= 15 is 0 Å². The first kappa shape index (κ1) is 10.5. The fraction of sp³-hybridized carbons (Fsp3) is 0.444. The smallest absolute Gasteiger partial charge is 0.320 e. The molecule has 14 heavy (non-hydrogen) atoms. The molecule has 0 atom stereocenters. The van der Waals surface area contributed by atoms with Gasteiger partial charge in [0.05, 0.1) is 8.00 Å². The molecule has 2 rings (SSSR count). The van der Waals surface area contributed by atoms with E-state index in [1.165, 1.54) is 11.8 Å². The molecule has 1 aliphatic rings. The molecule has 0 saturated heterocycles. The van der Waals surface area contributed by atoms with Gasteiger partial charge in [0, 0.05) is 0 Å². The highest BCUT2D eigenvalue weighted by Gasteiger charge is 2.45. The maximum atomic E-state index is 11.1. The van der Waals surface area contributed by atoms with Crippen molar-refractivity contribution in [2.24, 2.45) is 0 Å². The van der Waals surface area contributed by atoms with Crippen molar-refractivity contribution in [1.29, 1.82) is 0 Å². The Morgan fingerprint density at radius 2 is 2.29 bits per heavy atom. The lowest BCUT2D eigenvalue weighted by Crippen LogP contribution is -2.41. The second-order valence-electron chi connectivity index (χ2n) is 3.31. The number of carbonyl (C=O) groups is 1. The molecular formula is C9H9BrO2S2. The zero-order chi connectivity index (χ0) is 10.2. The van der Waals surface area contributed by atoms with E-state index in [1.54, 1.807) is 11.3 Å². The quantitative estimate of drug-likeness (QED) is 0.925. The maximum absolute atomic E-state index is 11.1. The average Bonchev–Trinajstić information content (AvgIpc) is 2.43. The van der Waals surface area contributed by atoms with Gasteiger partial charge in [-0.15, -0.1) is 11.3 Å². The molecule has 0 aromatic carbocycles. The van der Waals surface area contributed by atoms with Gasteiger partial charge in [-0.2, -0.15) is 0 Å². The summed E-state index contributed by atoms with van der Waals surface area (Å²) >= 11 is 6.47. The molecule has 0 aliphatic heterocycles. The van der Waals surface area contributed by atoms with Crippen molar-refractivity contribution in [3.63, 3.8) is 0 Å². The van der Waals surface area contributed by atoms with Crippen LogP contribution in [0.1, 0.15) is 19.3 Å². The highest BCUT2D eigenvalue weighted by Crippen LogP contribution is 2.49. The molecule has 1 aromatic heterocycles. The van der Waals surface area contributed by atoms with Gasteiger partial charge in [0.2, 0.25) is 0 Å². The summed E-state index contributed by atoms with van der Waals surface area (Å²) in [7, 11) is 0. The van der Waals surface area contributed by atoms with Crippen LogP contribution in [0.3, 0.4) is 0 Å². The fourth-order valence-electron chi connectivity index (χ4n) is 1.40. The summed E-state index contributed by atoms with van der Waals surface area (Å²) in [6.07, 6.45) is 2.62. The maximum Gasteiger partial charge on any atom is 0.320 e. The first-order valence-electron chi connectivity index (χ1n) is 4.30. The Labute approximate surface area is 98.8 Å². The van der Waals surface area contributed by atoms with Crippen molar-refractivity contribution < 1.29 is 9.90 Å². The lowest BCUT2D eigenvalue weighted by Gasteiger charge is -2.36. The van der Waals surface area contributed by atoms with Crippen molar-refractivity contribution in [1.82, 2.24) is 0 Å². The van der Waals surface area contributed by atoms with Crippen LogP contribution in [0.15, 0.2) is 20.1 Å². The van der Waals surface area contributed by atoms with Crippen LogP contribution >= 0.6 is 39.0 Å². The first-order chi connectivity index (χ1) is 6.62. The van der Waals surface area contributed by atoms with Gasteiger partial charge < -0.3 is 5.11 Å². The van der Waals surface area contributed by atoms with E-state index in [4.69, 9.17) is 5.11 Å². The molecular weight excluding hydrogens is 284 g/mol. The van der Waals surface area contributed by atoms with Gasteiger partial charge in [0.15, 0.2) is 0 Å². The third-order valence-electron chi connectivity index (χ3n) is 2.40. The summed E-state index contributed by atoms with van der Waals surface area (Å²) in [6, 6.07) is 3.93. The van der Waals surface area contributed by atoms with Crippen LogP contribution < -0.4 is 0 Å². The number of carboxylic acids is 1. The molecule has 1 aliphatic carbocycles. The van der Waals surface area contributed by atoms with Crippen LogP contribution in [0.4, 0.5) is 0 Å². The highest BCUT2D eigenvalue weighted by molar-refractivity contribution is 9.11. The molecule has 76 valence electrons. The standard InChI is InChI=1S/C9H9BrO2S2/c10-6-2-3-7(13-6)14-9(8(11)12)4-1-5-9/h2-3H,1,4-5H2,(H,11,12). The van der Waals surface area contributed by atoms with Crippen LogP contribution in [-0.4, -0.2) is 15.8 Å². The molecule has 0 amide bonds. The van der Waals surface area contributed by atoms with Gasteiger partial charge in [-0.25, -0.2) is 0 Å². The second kappa shape index (κ2) is 3.87. The van der Waals surface area contributed by atoms with Crippen molar-refractivity contribution in [3.8, 4) is 0 Å². The number of thiophene rings is 1. The molecule has 0 unspecified atom stereocenters. The second-order valence-corrected chi connectivity index (χ2v) is 7.46. The summed E-state index contributed by atoms with van der Waals surface area (Å²) in [4.78, 5) is 11.1. The third kappa shape index (κ3) is 1.85. The molecule has 1 saturated carbocycles. The molecule has 5 heteroatoms. The van der Waals surface area contributed by atoms with E-state index in [0.717, 1.165) is 27.3 Å². The summed E-state index contributed by atoms with van der Waals surface area (Å²) in [6.45, 7) is 0. The molecule has 1 N–H and O–H groups in total. The summed E-state index contributed by atoms with van der Waals surface area (Å²) in [5, 5.41) is 9.12. The largest absolute Gasteiger partial charge is 0.480 e. The van der Waals surface area contributed by atoms with Gasteiger partial charge >= 0.3 is 5.97 Å². The molecule has 1 fully saturated rings. The predicted octanol–water partition coefficient (Wildman–Crippen LogP) is 3.61. The van der Waals surface area contributed by atoms with E-state index in [-0.39, 0.29) is 0 Å². The van der Waals surface area contributed by atoms with Crippen LogP contribution in [0.5, 0.6) is 0 Å². The number of thioether (sulfide) groups is 1. The zero-order valence-electron chi connectivity index (χ0n) is 7.33. The van der Waals surface area contributed by atoms with Crippen molar-refractivity contribution in [2.45, 2.75) is 28.2 Å². The SMILES string of the molecule is O=C(O)C1(Sc2ccc(Br)s2)CCC1. The first-order valence-corrected chi connectivity index (χ1v) is 6.73. The lowest BCUT2D eigenvalue weighted by molar-refractivity contribution is -0.142. The number of hydrogen-bond donors (Lipinski definition) is 1. The normalized spacial score (nSPS) is 18.9. The molecule has 0 spiro atoms. The number of rotatable bonds is 3. The topological polar surface area (TPSA) is 37.3 Å².